The first kappa shape index (κ1) is 23.1. The predicted molar refractivity (Wildman–Crippen MR) is 119 cm³/mol. The van der Waals surface area contributed by atoms with Crippen LogP contribution >= 0.6 is 11.6 Å². The van der Waals surface area contributed by atoms with Crippen LogP contribution in [0.1, 0.15) is 58.8 Å². The lowest BCUT2D eigenvalue weighted by Gasteiger charge is -2.31. The number of carbonyl (C=O) groups is 2. The second-order valence-electron chi connectivity index (χ2n) is 9.02. The van der Waals surface area contributed by atoms with Crippen molar-refractivity contribution >= 4 is 23.6 Å². The van der Waals surface area contributed by atoms with Gasteiger partial charge < -0.3 is 19.8 Å². The molecule has 8 heteroatoms. The molecule has 2 aromatic rings. The summed E-state index contributed by atoms with van der Waals surface area (Å²) in [5.74, 6) is 1.06. The van der Waals surface area contributed by atoms with Gasteiger partial charge >= 0.3 is 6.09 Å². The number of nitrogens with zero attached hydrogens (tertiary/aromatic N) is 1. The number of ether oxygens (including phenoxy) is 1. The van der Waals surface area contributed by atoms with E-state index in [0.717, 1.165) is 31.2 Å². The zero-order valence-corrected chi connectivity index (χ0v) is 19.1. The predicted octanol–water partition coefficient (Wildman–Crippen LogP) is 4.88. The number of aryl methyl sites for hydroxylation is 1. The van der Waals surface area contributed by atoms with Gasteiger partial charge in [0.1, 0.15) is 5.60 Å². The molecule has 7 nitrogen and oxygen atoms in total. The van der Waals surface area contributed by atoms with Crippen LogP contribution in [-0.4, -0.2) is 34.7 Å². The highest BCUT2D eigenvalue weighted by molar-refractivity contribution is 6.30. The smallest absolute Gasteiger partial charge is 0.407 e. The lowest BCUT2D eigenvalue weighted by atomic mass is 9.97. The molecule has 2 amide bonds. The molecule has 1 heterocycles. The monoisotopic (exact) mass is 447 g/mol. The van der Waals surface area contributed by atoms with Crippen LogP contribution in [0.5, 0.6) is 0 Å². The third kappa shape index (κ3) is 6.99. The minimum atomic E-state index is -0.558. The second kappa shape index (κ2) is 9.73. The fourth-order valence-electron chi connectivity index (χ4n) is 3.71. The summed E-state index contributed by atoms with van der Waals surface area (Å²) in [5.41, 5.74) is -0.110. The van der Waals surface area contributed by atoms with E-state index in [1.54, 1.807) is 18.3 Å². The molecular formula is C23H30ClN3O4. The normalized spacial score (nSPS) is 15.5. The average molecular weight is 448 g/mol. The van der Waals surface area contributed by atoms with Crippen molar-refractivity contribution in [3.05, 3.63) is 41.4 Å². The lowest BCUT2D eigenvalue weighted by Crippen LogP contribution is -2.54. The van der Waals surface area contributed by atoms with Gasteiger partial charge in [0.05, 0.1) is 11.7 Å². The van der Waals surface area contributed by atoms with Crippen LogP contribution in [0.25, 0.3) is 11.3 Å². The van der Waals surface area contributed by atoms with Crippen molar-refractivity contribution in [2.24, 2.45) is 0 Å². The van der Waals surface area contributed by atoms with Crippen LogP contribution in [0, 0.1) is 0 Å². The van der Waals surface area contributed by atoms with Gasteiger partial charge in [0.25, 0.3) is 0 Å². The van der Waals surface area contributed by atoms with Crippen LogP contribution < -0.4 is 10.6 Å². The zero-order chi connectivity index (χ0) is 22.5. The second-order valence-corrected chi connectivity index (χ2v) is 9.45. The molecule has 3 rings (SSSR count). The number of alkyl carbamates (subject to hydrolysis) is 1. The van der Waals surface area contributed by atoms with Gasteiger partial charge in [-0.15, -0.1) is 0 Å². The van der Waals surface area contributed by atoms with E-state index in [0.29, 0.717) is 29.6 Å². The molecule has 0 aliphatic heterocycles. The first-order valence-corrected chi connectivity index (χ1v) is 11.0. The van der Waals surface area contributed by atoms with E-state index in [2.05, 4.69) is 15.6 Å². The van der Waals surface area contributed by atoms with Gasteiger partial charge in [-0.2, -0.15) is 0 Å². The Morgan fingerprint density at radius 3 is 2.52 bits per heavy atom. The summed E-state index contributed by atoms with van der Waals surface area (Å²) >= 11 is 5.92. The molecule has 1 aromatic heterocycles. The van der Waals surface area contributed by atoms with Gasteiger partial charge in [-0.05, 0) is 57.9 Å². The summed E-state index contributed by atoms with van der Waals surface area (Å²) in [7, 11) is 0. The van der Waals surface area contributed by atoms with Crippen molar-refractivity contribution in [2.75, 3.05) is 6.54 Å². The molecule has 2 N–H and O–H groups in total. The topological polar surface area (TPSA) is 93.5 Å². The number of benzene rings is 1. The number of aromatic nitrogens is 1. The Bertz CT molecular complexity index is 896. The number of rotatable bonds is 7. The third-order valence-corrected chi connectivity index (χ3v) is 5.44. The van der Waals surface area contributed by atoms with E-state index in [4.69, 9.17) is 20.8 Å². The van der Waals surface area contributed by atoms with Crippen molar-refractivity contribution in [1.82, 2.24) is 15.6 Å². The summed E-state index contributed by atoms with van der Waals surface area (Å²) < 4.78 is 11.1. The van der Waals surface area contributed by atoms with Crippen molar-refractivity contribution in [3.63, 3.8) is 0 Å². The maximum atomic E-state index is 12.6. The molecular weight excluding hydrogens is 418 g/mol. The molecule has 0 atom stereocenters. The maximum Gasteiger partial charge on any atom is 0.407 e. The van der Waals surface area contributed by atoms with Crippen molar-refractivity contribution in [1.29, 1.82) is 0 Å². The van der Waals surface area contributed by atoms with Crippen LogP contribution in [0.2, 0.25) is 5.02 Å². The highest BCUT2D eigenvalue weighted by Crippen LogP contribution is 2.29. The number of hydrogen-bond acceptors (Lipinski definition) is 5. The minimum absolute atomic E-state index is 0.0841. The zero-order valence-electron chi connectivity index (χ0n) is 18.3. The summed E-state index contributed by atoms with van der Waals surface area (Å²) in [6.45, 7) is 5.81. The van der Waals surface area contributed by atoms with Crippen LogP contribution in [0.4, 0.5) is 4.79 Å². The van der Waals surface area contributed by atoms with E-state index in [1.165, 1.54) is 0 Å². The molecule has 0 saturated heterocycles. The number of hydrogen-bond donors (Lipinski definition) is 2. The Kier molecular flexibility index (Phi) is 7.26. The molecule has 1 fully saturated rings. The van der Waals surface area contributed by atoms with E-state index >= 15 is 0 Å². The van der Waals surface area contributed by atoms with Crippen LogP contribution in [0.3, 0.4) is 0 Å². The quantitative estimate of drug-likeness (QED) is 0.630. The first-order valence-electron chi connectivity index (χ1n) is 10.6. The summed E-state index contributed by atoms with van der Waals surface area (Å²) in [6.07, 6.45) is 5.52. The highest BCUT2D eigenvalue weighted by atomic mass is 35.5. The van der Waals surface area contributed by atoms with E-state index < -0.39 is 17.2 Å². The Labute approximate surface area is 187 Å². The Morgan fingerprint density at radius 1 is 1.19 bits per heavy atom. The SMILES string of the molecule is CC(C)(C)OC(=O)NCC1(NC(=O)CCc2ncc(-c3ccc(Cl)cc3)o2)CCCC1. The molecule has 1 aromatic carbocycles. The fraction of sp³-hybridized carbons (Fsp3) is 0.522. The highest BCUT2D eigenvalue weighted by Gasteiger charge is 2.36. The number of carbonyl (C=O) groups excluding carboxylic acids is 2. The molecule has 0 spiro atoms. The van der Waals surface area contributed by atoms with Gasteiger partial charge in [0, 0.05) is 30.0 Å². The van der Waals surface area contributed by atoms with Crippen molar-refractivity contribution in [3.8, 4) is 11.3 Å². The Hall–Kier alpha value is -2.54. The maximum absolute atomic E-state index is 12.6. The molecule has 1 aliphatic carbocycles. The van der Waals surface area contributed by atoms with Crippen LogP contribution in [-0.2, 0) is 16.0 Å². The fourth-order valence-corrected chi connectivity index (χ4v) is 3.83. The van der Waals surface area contributed by atoms with E-state index in [-0.39, 0.29) is 12.3 Å². The van der Waals surface area contributed by atoms with Gasteiger partial charge in [-0.1, -0.05) is 24.4 Å². The van der Waals surface area contributed by atoms with Gasteiger partial charge in [-0.3, -0.25) is 4.79 Å². The van der Waals surface area contributed by atoms with Crippen molar-refractivity contribution < 1.29 is 18.7 Å². The van der Waals surface area contributed by atoms with Crippen LogP contribution in [0.15, 0.2) is 34.9 Å². The lowest BCUT2D eigenvalue weighted by molar-refractivity contribution is -0.123. The van der Waals surface area contributed by atoms with E-state index in [9.17, 15) is 9.59 Å². The summed E-state index contributed by atoms with van der Waals surface area (Å²) in [6, 6.07) is 7.31. The molecule has 0 radical (unpaired) electrons. The molecule has 0 unspecified atom stereocenters. The summed E-state index contributed by atoms with van der Waals surface area (Å²) in [4.78, 5) is 28.9. The molecule has 31 heavy (non-hydrogen) atoms. The number of amides is 2. The minimum Gasteiger partial charge on any atom is -0.444 e. The molecule has 168 valence electrons. The van der Waals surface area contributed by atoms with Gasteiger partial charge in [0.2, 0.25) is 5.91 Å². The number of nitrogens with one attached hydrogen (secondary N) is 2. The van der Waals surface area contributed by atoms with E-state index in [1.807, 2.05) is 32.9 Å². The van der Waals surface area contributed by atoms with Gasteiger partial charge in [0.15, 0.2) is 11.7 Å². The molecule has 1 aliphatic rings. The molecule has 1 saturated carbocycles. The average Bonchev–Trinajstić information content (AvgIpc) is 3.34. The number of oxazole rings is 1. The van der Waals surface area contributed by atoms with Crippen molar-refractivity contribution in [2.45, 2.75) is 70.4 Å². The first-order chi connectivity index (χ1) is 14.6. The largest absolute Gasteiger partial charge is 0.444 e. The third-order valence-electron chi connectivity index (χ3n) is 5.18. The number of halogens is 1. The Morgan fingerprint density at radius 2 is 1.87 bits per heavy atom. The Balaban J connectivity index is 1.51. The standard InChI is InChI=1S/C23H30ClN3O4/c1-22(2,3)31-21(29)26-15-23(12-4-5-13-23)27-19(28)10-11-20-25-14-18(30-20)16-6-8-17(24)9-7-16/h6-9,14H,4-5,10-13,15H2,1-3H3,(H,26,29)(H,27,28). The molecule has 0 bridgehead atoms. The van der Waals surface area contributed by atoms with Gasteiger partial charge in [-0.25, -0.2) is 9.78 Å². The summed E-state index contributed by atoms with van der Waals surface area (Å²) in [5, 5.41) is 6.60.